The van der Waals surface area contributed by atoms with Crippen LogP contribution in [0.1, 0.15) is 22.5 Å². The molecule has 0 bridgehead atoms. The molecule has 5 heteroatoms. The number of aromatic nitrogens is 2. The first-order valence-electron chi connectivity index (χ1n) is 7.67. The summed E-state index contributed by atoms with van der Waals surface area (Å²) in [5.41, 5.74) is 3.80. The molecule has 0 unspecified atom stereocenters. The van der Waals surface area contributed by atoms with Gasteiger partial charge < -0.3 is 5.11 Å². The van der Waals surface area contributed by atoms with Gasteiger partial charge in [0.1, 0.15) is 5.82 Å². The number of aromatic amines is 1. The Labute approximate surface area is 130 Å². The Morgan fingerprint density at radius 3 is 2.82 bits per heavy atom. The van der Waals surface area contributed by atoms with E-state index in [0.29, 0.717) is 12.1 Å². The van der Waals surface area contributed by atoms with Crippen LogP contribution in [0.15, 0.2) is 24.3 Å². The van der Waals surface area contributed by atoms with Crippen LogP contribution in [0.25, 0.3) is 0 Å². The lowest BCUT2D eigenvalue weighted by molar-refractivity contribution is 0.140. The molecule has 2 N–H and O–H groups in total. The van der Waals surface area contributed by atoms with Gasteiger partial charge >= 0.3 is 0 Å². The van der Waals surface area contributed by atoms with Crippen LogP contribution in [0.2, 0.25) is 0 Å². The molecule has 0 aliphatic carbocycles. The second-order valence-electron chi connectivity index (χ2n) is 6.35. The van der Waals surface area contributed by atoms with E-state index in [1.807, 2.05) is 25.1 Å². The Balaban J connectivity index is 1.61. The van der Waals surface area contributed by atoms with Crippen molar-refractivity contribution in [1.82, 2.24) is 15.1 Å². The molecule has 22 heavy (non-hydrogen) atoms. The van der Waals surface area contributed by atoms with Crippen molar-refractivity contribution in [3.05, 3.63) is 52.6 Å². The number of H-pyrrole nitrogens is 1. The predicted octanol–water partition coefficient (Wildman–Crippen LogP) is 2.20. The van der Waals surface area contributed by atoms with Crippen molar-refractivity contribution in [3.63, 3.8) is 0 Å². The molecule has 1 fully saturated rings. The first-order chi connectivity index (χ1) is 10.5. The highest BCUT2D eigenvalue weighted by molar-refractivity contribution is 5.24. The summed E-state index contributed by atoms with van der Waals surface area (Å²) < 4.78 is 13.3. The molecule has 4 nitrogen and oxygen atoms in total. The number of rotatable bonds is 4. The monoisotopic (exact) mass is 303 g/mol. The Kier molecular flexibility index (Phi) is 4.27. The number of likely N-dealkylation sites (tertiary alicyclic amines) is 1. The number of benzene rings is 1. The lowest BCUT2D eigenvalue weighted by atomic mass is 10.0. The molecule has 118 valence electrons. The first-order valence-corrected chi connectivity index (χ1v) is 7.67. The van der Waals surface area contributed by atoms with E-state index in [1.165, 1.54) is 6.07 Å². The smallest absolute Gasteiger partial charge is 0.126 e. The second kappa shape index (κ2) is 6.18. The molecule has 3 rings (SSSR count). The quantitative estimate of drug-likeness (QED) is 0.910. The van der Waals surface area contributed by atoms with Crippen molar-refractivity contribution in [2.45, 2.75) is 32.9 Å². The van der Waals surface area contributed by atoms with Gasteiger partial charge in [-0.1, -0.05) is 12.1 Å². The summed E-state index contributed by atoms with van der Waals surface area (Å²) >= 11 is 0. The van der Waals surface area contributed by atoms with E-state index < -0.39 is 0 Å². The zero-order valence-electron chi connectivity index (χ0n) is 13.0. The van der Waals surface area contributed by atoms with E-state index in [0.717, 1.165) is 36.5 Å². The van der Waals surface area contributed by atoms with Crippen LogP contribution in [-0.4, -0.2) is 39.4 Å². The second-order valence-corrected chi connectivity index (χ2v) is 6.35. The molecule has 0 radical (unpaired) electrons. The summed E-state index contributed by atoms with van der Waals surface area (Å²) in [6.07, 6.45) is 0.448. The number of hydrogen-bond donors (Lipinski definition) is 2. The third-order valence-corrected chi connectivity index (χ3v) is 4.34. The van der Waals surface area contributed by atoms with Crippen molar-refractivity contribution >= 4 is 0 Å². The number of halogens is 1. The van der Waals surface area contributed by atoms with Crippen LogP contribution in [0.5, 0.6) is 0 Å². The molecule has 2 atom stereocenters. The van der Waals surface area contributed by atoms with Gasteiger partial charge in [0, 0.05) is 31.2 Å². The summed E-state index contributed by atoms with van der Waals surface area (Å²) in [7, 11) is 0. The minimum Gasteiger partial charge on any atom is -0.391 e. The maximum atomic E-state index is 13.3. The topological polar surface area (TPSA) is 52.1 Å². The third-order valence-electron chi connectivity index (χ3n) is 4.34. The number of aryl methyl sites for hydroxylation is 2. The van der Waals surface area contributed by atoms with E-state index in [4.69, 9.17) is 0 Å². The molecule has 0 saturated carbocycles. The van der Waals surface area contributed by atoms with Crippen molar-refractivity contribution in [2.75, 3.05) is 13.1 Å². The van der Waals surface area contributed by atoms with Crippen LogP contribution < -0.4 is 0 Å². The maximum Gasteiger partial charge on any atom is 0.126 e. The van der Waals surface area contributed by atoms with Gasteiger partial charge in [0.15, 0.2) is 0 Å². The Morgan fingerprint density at radius 1 is 1.32 bits per heavy atom. The average Bonchev–Trinajstić information content (AvgIpc) is 3.01. The molecule has 1 aliphatic rings. The summed E-state index contributed by atoms with van der Waals surface area (Å²) in [5.74, 6) is 0.0289. The maximum absolute atomic E-state index is 13.3. The minimum absolute atomic E-state index is 0.169. The fraction of sp³-hybridized carbons (Fsp3) is 0.471. The largest absolute Gasteiger partial charge is 0.391 e. The van der Waals surface area contributed by atoms with Crippen LogP contribution in [-0.2, 0) is 13.0 Å². The predicted molar refractivity (Wildman–Crippen MR) is 82.9 cm³/mol. The Bertz CT molecular complexity index is 655. The molecule has 1 aliphatic heterocycles. The van der Waals surface area contributed by atoms with Crippen LogP contribution in [0.4, 0.5) is 4.39 Å². The number of aliphatic hydroxyl groups is 1. The molecule has 1 aromatic heterocycles. The van der Waals surface area contributed by atoms with Gasteiger partial charge in [0.25, 0.3) is 0 Å². The van der Waals surface area contributed by atoms with Gasteiger partial charge in [-0.05, 0) is 43.5 Å². The number of β-amino-alcohol motifs (C(OH)–C–C–N with tert-alkyl or cyclic N) is 1. The van der Waals surface area contributed by atoms with Gasteiger partial charge in [0.2, 0.25) is 0 Å². The highest BCUT2D eigenvalue weighted by atomic mass is 19.1. The minimum atomic E-state index is -0.335. The molecule has 1 aromatic carbocycles. The van der Waals surface area contributed by atoms with Crippen molar-refractivity contribution < 1.29 is 9.50 Å². The van der Waals surface area contributed by atoms with E-state index in [-0.39, 0.29) is 17.8 Å². The van der Waals surface area contributed by atoms with Gasteiger partial charge in [-0.2, -0.15) is 5.10 Å². The van der Waals surface area contributed by atoms with Crippen molar-refractivity contribution in [2.24, 2.45) is 5.92 Å². The number of nitrogens with zero attached hydrogens (tertiary/aromatic N) is 2. The number of aliphatic hydroxyl groups excluding tert-OH is 1. The zero-order valence-corrected chi connectivity index (χ0v) is 13.0. The van der Waals surface area contributed by atoms with E-state index in [2.05, 4.69) is 15.1 Å². The van der Waals surface area contributed by atoms with E-state index in [1.54, 1.807) is 6.92 Å². The van der Waals surface area contributed by atoms with Gasteiger partial charge in [-0.15, -0.1) is 0 Å². The molecular formula is C17H22FN3O. The average molecular weight is 303 g/mol. The van der Waals surface area contributed by atoms with Crippen molar-refractivity contribution in [1.29, 1.82) is 0 Å². The molecule has 2 heterocycles. The molecule has 0 amide bonds. The van der Waals surface area contributed by atoms with Gasteiger partial charge in [-0.3, -0.25) is 10.00 Å². The normalized spacial score (nSPS) is 22.4. The standard InChI is InChI=1S/C17H22FN3O/c1-11-5-13(3-4-16(11)18)8-21-9-14(17(22)10-21)7-15-6-12(2)19-20-15/h3-6,14,17,22H,7-10H2,1-2H3,(H,19,20)/t14-,17+/m1/s1. The lowest BCUT2D eigenvalue weighted by Gasteiger charge is -2.16. The Hall–Kier alpha value is -1.72. The van der Waals surface area contributed by atoms with E-state index >= 15 is 0 Å². The van der Waals surface area contributed by atoms with Crippen LogP contribution in [0.3, 0.4) is 0 Å². The summed E-state index contributed by atoms with van der Waals surface area (Å²) in [4.78, 5) is 2.22. The highest BCUT2D eigenvalue weighted by Gasteiger charge is 2.31. The SMILES string of the molecule is Cc1cc(C[C@@H]2CN(Cc3ccc(F)c(C)c3)C[C@@H]2O)n[nH]1. The van der Waals surface area contributed by atoms with E-state index in [9.17, 15) is 9.50 Å². The zero-order chi connectivity index (χ0) is 15.7. The van der Waals surface area contributed by atoms with Gasteiger partial charge in [0.05, 0.1) is 11.8 Å². The lowest BCUT2D eigenvalue weighted by Crippen LogP contribution is -2.21. The highest BCUT2D eigenvalue weighted by Crippen LogP contribution is 2.23. The summed E-state index contributed by atoms with van der Waals surface area (Å²) in [6.45, 7) is 5.99. The molecule has 0 spiro atoms. The third kappa shape index (κ3) is 3.36. The fourth-order valence-electron chi connectivity index (χ4n) is 3.18. The molecule has 1 saturated heterocycles. The summed E-state index contributed by atoms with van der Waals surface area (Å²) in [5, 5.41) is 17.5. The number of hydrogen-bond acceptors (Lipinski definition) is 3. The van der Waals surface area contributed by atoms with Crippen LogP contribution in [0, 0.1) is 25.6 Å². The number of nitrogens with one attached hydrogen (secondary N) is 1. The van der Waals surface area contributed by atoms with Gasteiger partial charge in [-0.25, -0.2) is 4.39 Å². The first kappa shape index (κ1) is 15.2. The van der Waals surface area contributed by atoms with Crippen molar-refractivity contribution in [3.8, 4) is 0 Å². The summed E-state index contributed by atoms with van der Waals surface area (Å²) in [6, 6.07) is 7.24. The van der Waals surface area contributed by atoms with Crippen LogP contribution >= 0.6 is 0 Å². The fourth-order valence-corrected chi connectivity index (χ4v) is 3.18. The Morgan fingerprint density at radius 2 is 2.14 bits per heavy atom. The molecule has 2 aromatic rings. The molecular weight excluding hydrogens is 281 g/mol.